The van der Waals surface area contributed by atoms with Gasteiger partial charge in [0.25, 0.3) is 5.91 Å². The third-order valence-electron chi connectivity index (χ3n) is 4.08. The average Bonchev–Trinajstić information content (AvgIpc) is 3.09. The van der Waals surface area contributed by atoms with Crippen molar-refractivity contribution in [2.24, 2.45) is 0 Å². The van der Waals surface area contributed by atoms with Crippen molar-refractivity contribution in [2.75, 3.05) is 25.6 Å². The van der Waals surface area contributed by atoms with Crippen LogP contribution in [-0.2, 0) is 6.54 Å². The lowest BCUT2D eigenvalue weighted by molar-refractivity contribution is 0.0949. The van der Waals surface area contributed by atoms with Crippen LogP contribution in [0.15, 0.2) is 30.5 Å². The van der Waals surface area contributed by atoms with Gasteiger partial charge in [0.1, 0.15) is 17.4 Å². The standard InChI is InChI=1S/C18H19ClFN5O2/c1-4-21-18(26)13-9-22-15-7-8-16(23-25(13)15)24(2)10-11-14(27-3)6-5-12(20)17(11)19/h5-9H,4,10H2,1-3H3,(H,21,26). The summed E-state index contributed by atoms with van der Waals surface area (Å²) in [6.07, 6.45) is 1.48. The Labute approximate surface area is 160 Å². The number of amides is 1. The lowest BCUT2D eigenvalue weighted by atomic mass is 10.2. The molecule has 27 heavy (non-hydrogen) atoms. The monoisotopic (exact) mass is 391 g/mol. The van der Waals surface area contributed by atoms with Crippen molar-refractivity contribution in [1.29, 1.82) is 0 Å². The Kier molecular flexibility index (Phi) is 5.46. The van der Waals surface area contributed by atoms with E-state index in [4.69, 9.17) is 16.3 Å². The zero-order chi connectivity index (χ0) is 19.6. The first kappa shape index (κ1) is 18.9. The summed E-state index contributed by atoms with van der Waals surface area (Å²) in [7, 11) is 3.29. The first-order valence-electron chi connectivity index (χ1n) is 8.31. The van der Waals surface area contributed by atoms with Gasteiger partial charge in [-0.15, -0.1) is 5.10 Å². The topological polar surface area (TPSA) is 71.8 Å². The molecule has 0 unspecified atom stereocenters. The van der Waals surface area contributed by atoms with Gasteiger partial charge >= 0.3 is 0 Å². The maximum Gasteiger partial charge on any atom is 0.271 e. The molecule has 0 bridgehead atoms. The molecule has 2 heterocycles. The summed E-state index contributed by atoms with van der Waals surface area (Å²) in [4.78, 5) is 18.1. The van der Waals surface area contributed by atoms with E-state index in [1.807, 2.05) is 6.92 Å². The summed E-state index contributed by atoms with van der Waals surface area (Å²) < 4.78 is 20.6. The molecule has 0 aliphatic carbocycles. The normalized spacial score (nSPS) is 10.9. The molecule has 0 fully saturated rings. The van der Waals surface area contributed by atoms with Gasteiger partial charge in [0, 0.05) is 25.7 Å². The highest BCUT2D eigenvalue weighted by Crippen LogP contribution is 2.30. The number of fused-ring (bicyclic) bond motifs is 1. The molecule has 9 heteroatoms. The smallest absolute Gasteiger partial charge is 0.271 e. The number of nitrogens with one attached hydrogen (secondary N) is 1. The van der Waals surface area contributed by atoms with Gasteiger partial charge in [0.15, 0.2) is 11.3 Å². The summed E-state index contributed by atoms with van der Waals surface area (Å²) in [5.74, 6) is 0.276. The van der Waals surface area contributed by atoms with Gasteiger partial charge in [-0.25, -0.2) is 13.9 Å². The van der Waals surface area contributed by atoms with Gasteiger partial charge in [0.2, 0.25) is 0 Å². The fourth-order valence-corrected chi connectivity index (χ4v) is 2.92. The van der Waals surface area contributed by atoms with Crippen LogP contribution in [0.5, 0.6) is 5.75 Å². The van der Waals surface area contributed by atoms with Crippen LogP contribution in [0.2, 0.25) is 5.02 Å². The minimum absolute atomic E-state index is 0.00733. The number of ether oxygens (including phenoxy) is 1. The Hall–Kier alpha value is -2.87. The summed E-state index contributed by atoms with van der Waals surface area (Å²) in [6.45, 7) is 2.61. The van der Waals surface area contributed by atoms with Crippen molar-refractivity contribution < 1.29 is 13.9 Å². The lowest BCUT2D eigenvalue weighted by Crippen LogP contribution is -2.25. The third kappa shape index (κ3) is 3.66. The van der Waals surface area contributed by atoms with Gasteiger partial charge in [-0.2, -0.15) is 0 Å². The number of carbonyl (C=O) groups excluding carboxylic acids is 1. The fraction of sp³-hybridized carbons (Fsp3) is 0.278. The van der Waals surface area contributed by atoms with E-state index in [-0.39, 0.29) is 17.5 Å². The number of aromatic nitrogens is 3. The molecule has 0 atom stereocenters. The summed E-state index contributed by atoms with van der Waals surface area (Å²) in [6, 6.07) is 6.32. The Balaban J connectivity index is 1.95. The number of benzene rings is 1. The Morgan fingerprint density at radius 1 is 1.37 bits per heavy atom. The van der Waals surface area contributed by atoms with Crippen LogP contribution in [0.1, 0.15) is 23.0 Å². The molecule has 1 amide bonds. The van der Waals surface area contributed by atoms with E-state index in [1.165, 1.54) is 30.0 Å². The van der Waals surface area contributed by atoms with Crippen molar-refractivity contribution >= 4 is 29.0 Å². The number of anilines is 1. The molecule has 0 spiro atoms. The third-order valence-corrected chi connectivity index (χ3v) is 4.49. The quantitative estimate of drug-likeness (QED) is 0.699. The molecule has 3 aromatic rings. The number of methoxy groups -OCH3 is 1. The number of carbonyl (C=O) groups is 1. The molecule has 0 radical (unpaired) electrons. The molecule has 7 nitrogen and oxygen atoms in total. The van der Waals surface area contributed by atoms with Crippen LogP contribution < -0.4 is 15.0 Å². The largest absolute Gasteiger partial charge is 0.496 e. The van der Waals surface area contributed by atoms with Crippen molar-refractivity contribution in [3.8, 4) is 5.75 Å². The molecule has 0 saturated heterocycles. The second kappa shape index (κ2) is 7.79. The molecule has 0 aliphatic rings. The molecule has 142 valence electrons. The van der Waals surface area contributed by atoms with Gasteiger partial charge in [0.05, 0.1) is 18.3 Å². The van der Waals surface area contributed by atoms with Crippen LogP contribution in [0, 0.1) is 5.82 Å². The van der Waals surface area contributed by atoms with Crippen molar-refractivity contribution in [3.05, 3.63) is 52.6 Å². The van der Waals surface area contributed by atoms with Crippen LogP contribution in [0.3, 0.4) is 0 Å². The second-order valence-corrected chi connectivity index (χ2v) is 6.24. The molecule has 0 aliphatic heterocycles. The van der Waals surface area contributed by atoms with Crippen LogP contribution >= 0.6 is 11.6 Å². The predicted octanol–water partition coefficient (Wildman–Crippen LogP) is 2.92. The summed E-state index contributed by atoms with van der Waals surface area (Å²) in [5, 5.41) is 7.22. The van der Waals surface area contributed by atoms with Gasteiger partial charge in [-0.1, -0.05) is 11.6 Å². The van der Waals surface area contributed by atoms with Gasteiger partial charge in [-0.05, 0) is 31.2 Å². The van der Waals surface area contributed by atoms with Crippen molar-refractivity contribution in [2.45, 2.75) is 13.5 Å². The lowest BCUT2D eigenvalue weighted by Gasteiger charge is -2.20. The van der Waals surface area contributed by atoms with Gasteiger partial charge < -0.3 is 15.0 Å². The van der Waals surface area contributed by atoms with Gasteiger partial charge in [-0.3, -0.25) is 4.79 Å². The predicted molar refractivity (Wildman–Crippen MR) is 101 cm³/mol. The zero-order valence-electron chi connectivity index (χ0n) is 15.2. The number of nitrogens with zero attached hydrogens (tertiary/aromatic N) is 4. The minimum atomic E-state index is -0.516. The molecular weight excluding hydrogens is 373 g/mol. The first-order valence-corrected chi connectivity index (χ1v) is 8.69. The maximum absolute atomic E-state index is 13.9. The molecule has 0 saturated carbocycles. The number of hydrogen-bond acceptors (Lipinski definition) is 5. The fourth-order valence-electron chi connectivity index (χ4n) is 2.70. The molecule has 1 aromatic carbocycles. The van der Waals surface area contributed by atoms with E-state index in [2.05, 4.69) is 15.4 Å². The van der Waals surface area contributed by atoms with E-state index in [0.717, 1.165) is 0 Å². The van der Waals surface area contributed by atoms with E-state index >= 15 is 0 Å². The second-order valence-electron chi connectivity index (χ2n) is 5.86. The average molecular weight is 392 g/mol. The maximum atomic E-state index is 13.9. The van der Waals surface area contributed by atoms with E-state index in [0.29, 0.717) is 35.0 Å². The highest BCUT2D eigenvalue weighted by atomic mass is 35.5. The molecule has 2 aromatic heterocycles. The highest BCUT2D eigenvalue weighted by molar-refractivity contribution is 6.31. The van der Waals surface area contributed by atoms with E-state index < -0.39 is 5.82 Å². The Morgan fingerprint density at radius 2 is 2.15 bits per heavy atom. The number of imidazole rings is 1. The van der Waals surface area contributed by atoms with Crippen molar-refractivity contribution in [1.82, 2.24) is 19.9 Å². The summed E-state index contributed by atoms with van der Waals surface area (Å²) in [5.41, 5.74) is 1.40. The first-order chi connectivity index (χ1) is 13.0. The number of halogens is 2. The van der Waals surface area contributed by atoms with Crippen LogP contribution in [0.25, 0.3) is 5.65 Å². The minimum Gasteiger partial charge on any atom is -0.496 e. The Bertz CT molecular complexity index is 991. The SMILES string of the molecule is CCNC(=O)c1cnc2ccc(N(C)Cc3c(OC)ccc(F)c3Cl)nn12. The van der Waals surface area contributed by atoms with E-state index in [1.54, 1.807) is 24.1 Å². The van der Waals surface area contributed by atoms with Crippen LogP contribution in [-0.4, -0.2) is 41.2 Å². The summed E-state index contributed by atoms with van der Waals surface area (Å²) >= 11 is 6.12. The number of hydrogen-bond donors (Lipinski definition) is 1. The molecule has 1 N–H and O–H groups in total. The molecule has 3 rings (SSSR count). The molecular formula is C18H19ClFN5O2. The zero-order valence-corrected chi connectivity index (χ0v) is 15.9. The van der Waals surface area contributed by atoms with Crippen molar-refractivity contribution in [3.63, 3.8) is 0 Å². The van der Waals surface area contributed by atoms with Crippen LogP contribution in [0.4, 0.5) is 10.2 Å². The number of rotatable bonds is 6. The Morgan fingerprint density at radius 3 is 2.85 bits per heavy atom. The van der Waals surface area contributed by atoms with E-state index in [9.17, 15) is 9.18 Å². The highest BCUT2D eigenvalue weighted by Gasteiger charge is 2.17.